The Morgan fingerprint density at radius 1 is 1.20 bits per heavy atom. The van der Waals surface area contributed by atoms with Gasteiger partial charge in [-0.1, -0.05) is 17.3 Å². The molecule has 1 fully saturated rings. The van der Waals surface area contributed by atoms with Crippen molar-refractivity contribution in [3.05, 3.63) is 58.6 Å². The van der Waals surface area contributed by atoms with Gasteiger partial charge in [0.2, 0.25) is 0 Å². The highest BCUT2D eigenvalue weighted by Crippen LogP contribution is 2.34. The molecule has 1 saturated heterocycles. The number of aromatic amines is 1. The number of hydrogen-bond acceptors (Lipinski definition) is 4. The van der Waals surface area contributed by atoms with Crippen LogP contribution in [0.3, 0.4) is 0 Å². The topological polar surface area (TPSA) is 58.0 Å². The minimum absolute atomic E-state index is 0.333. The van der Waals surface area contributed by atoms with Crippen LogP contribution in [0.5, 0.6) is 0 Å². The van der Waals surface area contributed by atoms with Crippen LogP contribution in [0.15, 0.2) is 35.0 Å². The van der Waals surface area contributed by atoms with Gasteiger partial charge in [0.15, 0.2) is 0 Å². The molecule has 1 aliphatic heterocycles. The number of H-pyrrole nitrogens is 1. The normalized spacial score (nSPS) is 18.1. The highest BCUT2D eigenvalue weighted by Gasteiger charge is 2.29. The number of rotatable bonds is 4. The first kappa shape index (κ1) is 16.1. The Bertz CT molecular complexity index is 879. The molecule has 0 radical (unpaired) electrons. The Morgan fingerprint density at radius 2 is 2.08 bits per heavy atom. The van der Waals surface area contributed by atoms with Gasteiger partial charge in [0.05, 0.1) is 17.9 Å². The molecule has 1 N–H and O–H groups in total. The summed E-state index contributed by atoms with van der Waals surface area (Å²) in [5.41, 5.74) is 7.20. The van der Waals surface area contributed by atoms with E-state index in [0.29, 0.717) is 6.04 Å². The summed E-state index contributed by atoms with van der Waals surface area (Å²) in [6.45, 7) is 8.19. The SMILES string of the molecule is Cc1cc(C2CCCN2Cc2cn[nH]c2-c2ccc(C)c(C)c2)no1. The Morgan fingerprint density at radius 3 is 2.84 bits per heavy atom. The fourth-order valence-corrected chi connectivity index (χ4v) is 3.69. The van der Waals surface area contributed by atoms with E-state index in [1.165, 1.54) is 28.7 Å². The summed E-state index contributed by atoms with van der Waals surface area (Å²) in [6, 6.07) is 8.96. The van der Waals surface area contributed by atoms with Gasteiger partial charge in [0.25, 0.3) is 0 Å². The molecule has 0 saturated carbocycles. The molecule has 4 rings (SSSR count). The fraction of sp³-hybridized carbons (Fsp3) is 0.400. The largest absolute Gasteiger partial charge is 0.361 e. The van der Waals surface area contributed by atoms with Crippen LogP contribution in [0, 0.1) is 20.8 Å². The summed E-state index contributed by atoms with van der Waals surface area (Å²) in [6.07, 6.45) is 4.27. The predicted molar refractivity (Wildman–Crippen MR) is 97.1 cm³/mol. The van der Waals surface area contributed by atoms with Crippen molar-refractivity contribution in [2.75, 3.05) is 6.54 Å². The van der Waals surface area contributed by atoms with Crippen LogP contribution in [0.1, 0.15) is 47.0 Å². The molecule has 130 valence electrons. The fourth-order valence-electron chi connectivity index (χ4n) is 3.69. The maximum atomic E-state index is 5.28. The molecule has 2 aromatic heterocycles. The van der Waals surface area contributed by atoms with Crippen molar-refractivity contribution < 1.29 is 4.52 Å². The zero-order chi connectivity index (χ0) is 17.4. The maximum absolute atomic E-state index is 5.28. The predicted octanol–water partition coefficient (Wildman–Crippen LogP) is 4.33. The lowest BCUT2D eigenvalue weighted by Gasteiger charge is -2.22. The molecular formula is C20H24N4O. The van der Waals surface area contributed by atoms with Crippen LogP contribution < -0.4 is 0 Å². The van der Waals surface area contributed by atoms with Gasteiger partial charge in [0.1, 0.15) is 11.5 Å². The molecule has 0 aliphatic carbocycles. The van der Waals surface area contributed by atoms with Crippen molar-refractivity contribution in [2.24, 2.45) is 0 Å². The molecule has 3 aromatic rings. The van der Waals surface area contributed by atoms with Crippen LogP contribution in [0.4, 0.5) is 0 Å². The zero-order valence-electron chi connectivity index (χ0n) is 15.0. The second-order valence-corrected chi connectivity index (χ2v) is 7.06. The van der Waals surface area contributed by atoms with Crippen LogP contribution in [-0.2, 0) is 6.54 Å². The van der Waals surface area contributed by atoms with Gasteiger partial charge in [-0.2, -0.15) is 5.10 Å². The van der Waals surface area contributed by atoms with Gasteiger partial charge in [-0.15, -0.1) is 0 Å². The molecular weight excluding hydrogens is 312 g/mol. The number of aromatic nitrogens is 3. The third kappa shape index (κ3) is 3.12. The smallest absolute Gasteiger partial charge is 0.133 e. The second kappa shape index (κ2) is 6.48. The molecule has 1 unspecified atom stereocenters. The first-order valence-corrected chi connectivity index (χ1v) is 8.89. The standard InChI is InChI=1S/C20H24N4O/c1-13-6-7-16(9-14(13)2)20-17(11-21-22-20)12-24-8-4-5-19(24)18-10-15(3)25-23-18/h6-7,9-11,19H,4-5,8,12H2,1-3H3,(H,21,22). The molecule has 0 amide bonds. The van der Waals surface area contributed by atoms with E-state index in [1.807, 2.05) is 13.1 Å². The van der Waals surface area contributed by atoms with Crippen molar-refractivity contribution in [2.45, 2.75) is 46.2 Å². The molecule has 3 heterocycles. The zero-order valence-corrected chi connectivity index (χ0v) is 15.0. The number of nitrogens with one attached hydrogen (secondary N) is 1. The Kier molecular flexibility index (Phi) is 4.17. The molecule has 5 nitrogen and oxygen atoms in total. The number of nitrogens with zero attached hydrogens (tertiary/aromatic N) is 3. The van der Waals surface area contributed by atoms with Crippen LogP contribution in [-0.4, -0.2) is 26.8 Å². The molecule has 1 aliphatic rings. The summed E-state index contributed by atoms with van der Waals surface area (Å²) < 4.78 is 5.28. The van der Waals surface area contributed by atoms with E-state index in [4.69, 9.17) is 4.52 Å². The lowest BCUT2D eigenvalue weighted by Crippen LogP contribution is -2.23. The van der Waals surface area contributed by atoms with E-state index in [-0.39, 0.29) is 0 Å². The lowest BCUT2D eigenvalue weighted by molar-refractivity contribution is 0.237. The summed E-state index contributed by atoms with van der Waals surface area (Å²) in [5.74, 6) is 0.876. The van der Waals surface area contributed by atoms with Crippen molar-refractivity contribution in [1.82, 2.24) is 20.3 Å². The number of hydrogen-bond donors (Lipinski definition) is 1. The first-order chi connectivity index (χ1) is 12.1. The third-order valence-corrected chi connectivity index (χ3v) is 5.24. The van der Waals surface area contributed by atoms with Gasteiger partial charge in [-0.3, -0.25) is 10.00 Å². The van der Waals surface area contributed by atoms with Crippen LogP contribution >= 0.6 is 0 Å². The monoisotopic (exact) mass is 336 g/mol. The summed E-state index contributed by atoms with van der Waals surface area (Å²) in [4.78, 5) is 2.48. The third-order valence-electron chi connectivity index (χ3n) is 5.24. The van der Waals surface area contributed by atoms with E-state index in [0.717, 1.165) is 36.7 Å². The van der Waals surface area contributed by atoms with Crippen molar-refractivity contribution in [1.29, 1.82) is 0 Å². The van der Waals surface area contributed by atoms with E-state index in [1.54, 1.807) is 0 Å². The van der Waals surface area contributed by atoms with Gasteiger partial charge >= 0.3 is 0 Å². The molecule has 1 atom stereocenters. The minimum Gasteiger partial charge on any atom is -0.361 e. The summed E-state index contributed by atoms with van der Waals surface area (Å²) in [7, 11) is 0. The van der Waals surface area contributed by atoms with Crippen molar-refractivity contribution in [3.63, 3.8) is 0 Å². The van der Waals surface area contributed by atoms with E-state index < -0.39 is 0 Å². The first-order valence-electron chi connectivity index (χ1n) is 8.89. The second-order valence-electron chi connectivity index (χ2n) is 7.06. The lowest BCUT2D eigenvalue weighted by atomic mass is 10.0. The molecule has 1 aromatic carbocycles. The summed E-state index contributed by atoms with van der Waals surface area (Å²) in [5, 5.41) is 11.7. The quantitative estimate of drug-likeness (QED) is 0.770. The van der Waals surface area contributed by atoms with Gasteiger partial charge < -0.3 is 4.52 Å². The summed E-state index contributed by atoms with van der Waals surface area (Å²) >= 11 is 0. The number of benzene rings is 1. The molecule has 25 heavy (non-hydrogen) atoms. The van der Waals surface area contributed by atoms with Crippen LogP contribution in [0.25, 0.3) is 11.3 Å². The average molecular weight is 336 g/mol. The minimum atomic E-state index is 0.333. The maximum Gasteiger partial charge on any atom is 0.133 e. The van der Waals surface area contributed by atoms with Crippen LogP contribution in [0.2, 0.25) is 0 Å². The van der Waals surface area contributed by atoms with Crippen molar-refractivity contribution >= 4 is 0 Å². The van der Waals surface area contributed by atoms with Gasteiger partial charge in [-0.25, -0.2) is 0 Å². The molecule has 0 bridgehead atoms. The Labute approximate surface area is 148 Å². The van der Waals surface area contributed by atoms with Gasteiger partial charge in [0, 0.05) is 23.7 Å². The Hall–Kier alpha value is -2.40. The van der Waals surface area contributed by atoms with E-state index in [9.17, 15) is 0 Å². The molecule has 0 spiro atoms. The molecule has 5 heteroatoms. The van der Waals surface area contributed by atoms with E-state index >= 15 is 0 Å². The van der Waals surface area contributed by atoms with E-state index in [2.05, 4.69) is 58.4 Å². The Balaban J connectivity index is 1.59. The number of likely N-dealkylation sites (tertiary alicyclic amines) is 1. The van der Waals surface area contributed by atoms with Gasteiger partial charge in [-0.05, 0) is 57.4 Å². The van der Waals surface area contributed by atoms with Crippen molar-refractivity contribution in [3.8, 4) is 11.3 Å². The highest BCUT2D eigenvalue weighted by molar-refractivity contribution is 5.64. The highest BCUT2D eigenvalue weighted by atomic mass is 16.5. The number of aryl methyl sites for hydroxylation is 3. The average Bonchev–Trinajstić information content (AvgIpc) is 3.31.